The Bertz CT molecular complexity index is 355. The molecule has 0 bridgehead atoms. The second-order valence-electron chi connectivity index (χ2n) is 4.09. The summed E-state index contributed by atoms with van der Waals surface area (Å²) >= 11 is 3.40. The SMILES string of the molecule is CC(C)(C)c1cc(Br)cc(C#N)c1. The monoisotopic (exact) mass is 237 g/mol. The normalized spacial score (nSPS) is 11.0. The molecule has 1 aromatic carbocycles. The van der Waals surface area contributed by atoms with Crippen LogP contribution in [0.4, 0.5) is 0 Å². The van der Waals surface area contributed by atoms with E-state index < -0.39 is 0 Å². The summed E-state index contributed by atoms with van der Waals surface area (Å²) in [5, 5.41) is 8.78. The number of benzene rings is 1. The summed E-state index contributed by atoms with van der Waals surface area (Å²) in [5.41, 5.74) is 1.98. The van der Waals surface area contributed by atoms with Crippen LogP contribution >= 0.6 is 15.9 Å². The van der Waals surface area contributed by atoms with Gasteiger partial charge in [-0.25, -0.2) is 0 Å². The van der Waals surface area contributed by atoms with Crippen molar-refractivity contribution in [3.63, 3.8) is 0 Å². The minimum absolute atomic E-state index is 0.0926. The van der Waals surface area contributed by atoms with Crippen molar-refractivity contribution < 1.29 is 0 Å². The summed E-state index contributed by atoms with van der Waals surface area (Å²) in [6.45, 7) is 6.40. The van der Waals surface area contributed by atoms with Gasteiger partial charge < -0.3 is 0 Å². The van der Waals surface area contributed by atoms with E-state index in [0.29, 0.717) is 5.56 Å². The standard InChI is InChI=1S/C11H12BrN/c1-11(2,3)9-4-8(7-13)5-10(12)6-9/h4-6H,1-3H3. The summed E-state index contributed by atoms with van der Waals surface area (Å²) in [7, 11) is 0. The molecule has 68 valence electrons. The highest BCUT2D eigenvalue weighted by Gasteiger charge is 2.14. The van der Waals surface area contributed by atoms with Crippen molar-refractivity contribution in [3.05, 3.63) is 33.8 Å². The molecule has 1 aromatic rings. The van der Waals surface area contributed by atoms with Crippen molar-refractivity contribution in [2.75, 3.05) is 0 Å². The van der Waals surface area contributed by atoms with Crippen LogP contribution in [0.1, 0.15) is 31.9 Å². The van der Waals surface area contributed by atoms with Crippen LogP contribution in [0.25, 0.3) is 0 Å². The Morgan fingerprint density at radius 3 is 2.31 bits per heavy atom. The Balaban J connectivity index is 3.26. The summed E-state index contributed by atoms with van der Waals surface area (Å²) in [5.74, 6) is 0. The average molecular weight is 238 g/mol. The summed E-state index contributed by atoms with van der Waals surface area (Å²) in [4.78, 5) is 0. The molecule has 0 amide bonds. The van der Waals surface area contributed by atoms with Gasteiger partial charge in [-0.2, -0.15) is 5.26 Å². The fourth-order valence-corrected chi connectivity index (χ4v) is 1.58. The molecule has 1 rings (SSSR count). The van der Waals surface area contributed by atoms with Crippen LogP contribution in [0.5, 0.6) is 0 Å². The van der Waals surface area contributed by atoms with E-state index in [0.717, 1.165) is 4.47 Å². The minimum Gasteiger partial charge on any atom is -0.192 e. The molecule has 13 heavy (non-hydrogen) atoms. The van der Waals surface area contributed by atoms with E-state index >= 15 is 0 Å². The molecule has 0 aliphatic rings. The lowest BCUT2D eigenvalue weighted by Crippen LogP contribution is -2.11. The maximum absolute atomic E-state index is 8.78. The Kier molecular flexibility index (Phi) is 2.77. The van der Waals surface area contributed by atoms with E-state index in [1.54, 1.807) is 0 Å². The number of halogens is 1. The number of hydrogen-bond donors (Lipinski definition) is 0. The van der Waals surface area contributed by atoms with Gasteiger partial charge in [-0.3, -0.25) is 0 Å². The van der Waals surface area contributed by atoms with Crippen LogP contribution in [0.3, 0.4) is 0 Å². The first kappa shape index (κ1) is 10.3. The van der Waals surface area contributed by atoms with E-state index in [-0.39, 0.29) is 5.41 Å². The van der Waals surface area contributed by atoms with E-state index in [1.807, 2.05) is 12.1 Å². The van der Waals surface area contributed by atoms with Crippen molar-refractivity contribution in [1.82, 2.24) is 0 Å². The Morgan fingerprint density at radius 1 is 1.23 bits per heavy atom. The Labute approximate surface area is 87.5 Å². The van der Waals surface area contributed by atoms with Gasteiger partial charge in [0.2, 0.25) is 0 Å². The molecule has 0 atom stereocenters. The lowest BCUT2D eigenvalue weighted by Gasteiger charge is -2.19. The second kappa shape index (κ2) is 3.51. The third kappa shape index (κ3) is 2.57. The number of nitriles is 1. The highest BCUT2D eigenvalue weighted by atomic mass is 79.9. The third-order valence-electron chi connectivity index (χ3n) is 1.89. The van der Waals surface area contributed by atoms with Crippen LogP contribution in [0.2, 0.25) is 0 Å². The molecule has 0 fully saturated rings. The van der Waals surface area contributed by atoms with Crippen LogP contribution in [0, 0.1) is 11.3 Å². The number of nitrogens with zero attached hydrogens (tertiary/aromatic N) is 1. The fourth-order valence-electron chi connectivity index (χ4n) is 1.09. The molecule has 0 aliphatic carbocycles. The highest BCUT2D eigenvalue weighted by Crippen LogP contribution is 2.26. The summed E-state index contributed by atoms with van der Waals surface area (Å²) < 4.78 is 0.969. The number of rotatable bonds is 0. The van der Waals surface area contributed by atoms with Gasteiger partial charge in [-0.05, 0) is 29.2 Å². The Hall–Kier alpha value is -0.810. The second-order valence-corrected chi connectivity index (χ2v) is 5.01. The van der Waals surface area contributed by atoms with Crippen molar-refractivity contribution in [3.8, 4) is 6.07 Å². The predicted molar refractivity (Wildman–Crippen MR) is 57.6 cm³/mol. The molecule has 0 N–H and O–H groups in total. The third-order valence-corrected chi connectivity index (χ3v) is 2.35. The molecule has 0 saturated carbocycles. The minimum atomic E-state index is 0.0926. The lowest BCUT2D eigenvalue weighted by molar-refractivity contribution is 0.589. The van der Waals surface area contributed by atoms with Crippen molar-refractivity contribution in [1.29, 1.82) is 5.26 Å². The van der Waals surface area contributed by atoms with E-state index in [9.17, 15) is 0 Å². The zero-order valence-electron chi connectivity index (χ0n) is 8.06. The molecule has 0 aromatic heterocycles. The van der Waals surface area contributed by atoms with E-state index in [1.165, 1.54) is 5.56 Å². The van der Waals surface area contributed by atoms with Gasteiger partial charge in [-0.15, -0.1) is 0 Å². The zero-order valence-corrected chi connectivity index (χ0v) is 9.64. The van der Waals surface area contributed by atoms with Crippen LogP contribution < -0.4 is 0 Å². The van der Waals surface area contributed by atoms with Crippen LogP contribution in [-0.4, -0.2) is 0 Å². The van der Waals surface area contributed by atoms with Crippen molar-refractivity contribution in [2.24, 2.45) is 0 Å². The first-order chi connectivity index (χ1) is 5.93. The van der Waals surface area contributed by atoms with Gasteiger partial charge in [0.15, 0.2) is 0 Å². The molecule has 2 heteroatoms. The first-order valence-electron chi connectivity index (χ1n) is 4.14. The van der Waals surface area contributed by atoms with Crippen molar-refractivity contribution in [2.45, 2.75) is 26.2 Å². The van der Waals surface area contributed by atoms with Crippen molar-refractivity contribution >= 4 is 15.9 Å². The molecule has 0 saturated heterocycles. The largest absolute Gasteiger partial charge is 0.192 e. The Morgan fingerprint density at radius 2 is 1.85 bits per heavy atom. The summed E-state index contributed by atoms with van der Waals surface area (Å²) in [6.07, 6.45) is 0. The number of hydrogen-bond acceptors (Lipinski definition) is 1. The van der Waals surface area contributed by atoms with Gasteiger partial charge in [0, 0.05) is 4.47 Å². The van der Waals surface area contributed by atoms with E-state index in [4.69, 9.17) is 5.26 Å². The maximum Gasteiger partial charge on any atom is 0.0992 e. The van der Waals surface area contributed by atoms with Gasteiger partial charge in [-0.1, -0.05) is 36.7 Å². The average Bonchev–Trinajstić information content (AvgIpc) is 2.01. The molecular formula is C11H12BrN. The van der Waals surface area contributed by atoms with Gasteiger partial charge >= 0.3 is 0 Å². The first-order valence-corrected chi connectivity index (χ1v) is 4.94. The molecule has 0 radical (unpaired) electrons. The fraction of sp³-hybridized carbons (Fsp3) is 0.364. The summed E-state index contributed by atoms with van der Waals surface area (Å²) in [6, 6.07) is 7.97. The zero-order chi connectivity index (χ0) is 10.1. The van der Waals surface area contributed by atoms with Crippen LogP contribution in [0.15, 0.2) is 22.7 Å². The van der Waals surface area contributed by atoms with Gasteiger partial charge in [0.05, 0.1) is 11.6 Å². The molecule has 0 spiro atoms. The molecule has 1 nitrogen and oxygen atoms in total. The van der Waals surface area contributed by atoms with Gasteiger partial charge in [0.25, 0.3) is 0 Å². The van der Waals surface area contributed by atoms with E-state index in [2.05, 4.69) is 48.8 Å². The topological polar surface area (TPSA) is 23.8 Å². The lowest BCUT2D eigenvalue weighted by atomic mass is 9.86. The smallest absolute Gasteiger partial charge is 0.0992 e. The molecule has 0 unspecified atom stereocenters. The van der Waals surface area contributed by atoms with Gasteiger partial charge in [0.1, 0.15) is 0 Å². The predicted octanol–water partition coefficient (Wildman–Crippen LogP) is 3.62. The molecule has 0 heterocycles. The maximum atomic E-state index is 8.78. The molecular weight excluding hydrogens is 226 g/mol. The molecule has 0 aliphatic heterocycles. The quantitative estimate of drug-likeness (QED) is 0.677. The highest BCUT2D eigenvalue weighted by molar-refractivity contribution is 9.10. The van der Waals surface area contributed by atoms with Crippen LogP contribution in [-0.2, 0) is 5.41 Å².